The number of carbonyl (C=O) groups is 1. The smallest absolute Gasteiger partial charge is 0.335 e. The van der Waals surface area contributed by atoms with Gasteiger partial charge in [0, 0.05) is 13.2 Å². The average Bonchev–Trinajstić information content (AvgIpc) is 2.80. The lowest BCUT2D eigenvalue weighted by atomic mass is 10.2. The highest BCUT2D eigenvalue weighted by atomic mass is 16.5. The Balaban J connectivity index is 1.99. The number of carboxylic acid groups (broad SMARTS) is 1. The topological polar surface area (TPSA) is 77.2 Å². The van der Waals surface area contributed by atoms with Gasteiger partial charge in [0.1, 0.15) is 5.52 Å². The monoisotopic (exact) mass is 277 g/mol. The fraction of sp³-hybridized carbons (Fsp3) is 0.500. The highest BCUT2D eigenvalue weighted by Crippen LogP contribution is 2.14. The number of unbranched alkanes of at least 4 members (excludes halogenated alkanes) is 1. The van der Waals surface area contributed by atoms with Crippen molar-refractivity contribution in [3.05, 3.63) is 23.8 Å². The van der Waals surface area contributed by atoms with Gasteiger partial charge in [-0.3, -0.25) is 0 Å². The molecule has 6 heteroatoms. The molecule has 20 heavy (non-hydrogen) atoms. The van der Waals surface area contributed by atoms with E-state index >= 15 is 0 Å². The van der Waals surface area contributed by atoms with Gasteiger partial charge in [0.05, 0.1) is 17.2 Å². The molecule has 0 saturated carbocycles. The number of rotatable bonds is 7. The first-order valence-electron chi connectivity index (χ1n) is 6.76. The SMILES string of the molecule is CC(C)OCCCCn1nnc2ccc(C(=O)O)cc21. The molecular formula is C14H19N3O3. The first-order chi connectivity index (χ1) is 9.58. The van der Waals surface area contributed by atoms with Crippen LogP contribution in [0.5, 0.6) is 0 Å². The van der Waals surface area contributed by atoms with Crippen LogP contribution in [0.2, 0.25) is 0 Å². The number of hydrogen-bond acceptors (Lipinski definition) is 4. The van der Waals surface area contributed by atoms with Crippen LogP contribution in [0.1, 0.15) is 37.0 Å². The van der Waals surface area contributed by atoms with Gasteiger partial charge in [-0.15, -0.1) is 5.10 Å². The molecule has 0 fully saturated rings. The van der Waals surface area contributed by atoms with E-state index in [0.29, 0.717) is 12.1 Å². The maximum Gasteiger partial charge on any atom is 0.335 e. The molecule has 0 bridgehead atoms. The fourth-order valence-corrected chi connectivity index (χ4v) is 1.95. The van der Waals surface area contributed by atoms with Gasteiger partial charge in [0.25, 0.3) is 0 Å². The van der Waals surface area contributed by atoms with E-state index in [-0.39, 0.29) is 11.7 Å². The van der Waals surface area contributed by atoms with E-state index in [1.807, 2.05) is 13.8 Å². The molecule has 1 heterocycles. The largest absolute Gasteiger partial charge is 0.478 e. The van der Waals surface area contributed by atoms with Crippen LogP contribution >= 0.6 is 0 Å². The summed E-state index contributed by atoms with van der Waals surface area (Å²) >= 11 is 0. The quantitative estimate of drug-likeness (QED) is 0.786. The van der Waals surface area contributed by atoms with E-state index in [0.717, 1.165) is 25.0 Å². The van der Waals surface area contributed by atoms with Gasteiger partial charge >= 0.3 is 5.97 Å². The number of hydrogen-bond donors (Lipinski definition) is 1. The van der Waals surface area contributed by atoms with Crippen molar-refractivity contribution in [2.75, 3.05) is 6.61 Å². The van der Waals surface area contributed by atoms with Gasteiger partial charge in [-0.1, -0.05) is 5.21 Å². The molecule has 0 unspecified atom stereocenters. The first kappa shape index (κ1) is 14.5. The highest BCUT2D eigenvalue weighted by Gasteiger charge is 2.09. The number of benzene rings is 1. The van der Waals surface area contributed by atoms with Gasteiger partial charge < -0.3 is 9.84 Å². The molecule has 6 nitrogen and oxygen atoms in total. The standard InChI is InChI=1S/C14H19N3O3/c1-10(2)20-8-4-3-7-17-13-9-11(14(18)19)5-6-12(13)15-16-17/h5-6,9-10H,3-4,7-8H2,1-2H3,(H,18,19). The fourth-order valence-electron chi connectivity index (χ4n) is 1.95. The van der Waals surface area contributed by atoms with Crippen LogP contribution in [0.4, 0.5) is 0 Å². The maximum absolute atomic E-state index is 11.0. The van der Waals surface area contributed by atoms with Crippen molar-refractivity contribution >= 4 is 17.0 Å². The zero-order valence-corrected chi connectivity index (χ0v) is 11.7. The molecule has 0 aliphatic rings. The molecule has 2 aromatic rings. The summed E-state index contributed by atoms with van der Waals surface area (Å²) in [7, 11) is 0. The minimum atomic E-state index is -0.940. The highest BCUT2D eigenvalue weighted by molar-refractivity contribution is 5.92. The van der Waals surface area contributed by atoms with E-state index < -0.39 is 5.97 Å². The molecule has 0 spiro atoms. The zero-order valence-electron chi connectivity index (χ0n) is 11.7. The van der Waals surface area contributed by atoms with Crippen molar-refractivity contribution in [2.24, 2.45) is 0 Å². The van der Waals surface area contributed by atoms with E-state index in [2.05, 4.69) is 10.3 Å². The van der Waals surface area contributed by atoms with Crippen LogP contribution < -0.4 is 0 Å². The molecule has 2 rings (SSSR count). The number of aromatic nitrogens is 3. The Bertz CT molecular complexity index is 592. The molecule has 0 aliphatic carbocycles. The third kappa shape index (κ3) is 3.54. The lowest BCUT2D eigenvalue weighted by Crippen LogP contribution is -2.06. The van der Waals surface area contributed by atoms with Crippen LogP contribution in [-0.4, -0.2) is 38.8 Å². The second-order valence-corrected chi connectivity index (χ2v) is 4.95. The summed E-state index contributed by atoms with van der Waals surface area (Å²) in [5.41, 5.74) is 1.73. The third-order valence-corrected chi connectivity index (χ3v) is 2.98. The summed E-state index contributed by atoms with van der Waals surface area (Å²) in [5, 5.41) is 17.1. The van der Waals surface area contributed by atoms with Crippen LogP contribution in [-0.2, 0) is 11.3 Å². The second kappa shape index (κ2) is 6.47. The van der Waals surface area contributed by atoms with E-state index in [4.69, 9.17) is 9.84 Å². The van der Waals surface area contributed by atoms with Crippen LogP contribution in [0.3, 0.4) is 0 Å². The second-order valence-electron chi connectivity index (χ2n) is 4.95. The molecule has 0 atom stereocenters. The Morgan fingerprint density at radius 2 is 2.20 bits per heavy atom. The van der Waals surface area contributed by atoms with Crippen LogP contribution in [0.15, 0.2) is 18.2 Å². The summed E-state index contributed by atoms with van der Waals surface area (Å²) in [6, 6.07) is 4.84. The number of fused-ring (bicyclic) bond motifs is 1. The van der Waals surface area contributed by atoms with Gasteiger partial charge in [-0.25, -0.2) is 9.48 Å². The predicted molar refractivity (Wildman–Crippen MR) is 74.8 cm³/mol. The molecule has 0 saturated heterocycles. The Morgan fingerprint density at radius 1 is 1.40 bits per heavy atom. The molecule has 108 valence electrons. The Hall–Kier alpha value is -1.95. The molecule has 0 amide bonds. The molecule has 0 aliphatic heterocycles. The number of aryl methyl sites for hydroxylation is 1. The summed E-state index contributed by atoms with van der Waals surface area (Å²) in [5.74, 6) is -0.940. The van der Waals surface area contributed by atoms with Crippen LogP contribution in [0.25, 0.3) is 11.0 Å². The van der Waals surface area contributed by atoms with Gasteiger partial charge in [-0.05, 0) is 44.9 Å². The lowest BCUT2D eigenvalue weighted by Gasteiger charge is -2.07. The molecule has 1 N–H and O–H groups in total. The lowest BCUT2D eigenvalue weighted by molar-refractivity contribution is 0.0697. The average molecular weight is 277 g/mol. The number of nitrogens with zero attached hydrogens (tertiary/aromatic N) is 3. The third-order valence-electron chi connectivity index (χ3n) is 2.98. The molecule has 1 aromatic carbocycles. The summed E-state index contributed by atoms with van der Waals surface area (Å²) in [6.07, 6.45) is 2.11. The number of carboxylic acids is 1. The minimum absolute atomic E-state index is 0.250. The van der Waals surface area contributed by atoms with Gasteiger partial charge in [0.2, 0.25) is 0 Å². The number of aromatic carboxylic acids is 1. The number of ether oxygens (including phenoxy) is 1. The van der Waals surface area contributed by atoms with Crippen molar-refractivity contribution in [3.63, 3.8) is 0 Å². The molecule has 1 aromatic heterocycles. The summed E-state index contributed by atoms with van der Waals surface area (Å²) in [4.78, 5) is 11.0. The Labute approximate surface area is 117 Å². The van der Waals surface area contributed by atoms with Crippen molar-refractivity contribution in [3.8, 4) is 0 Å². The summed E-state index contributed by atoms with van der Waals surface area (Å²) in [6.45, 7) is 5.46. The van der Waals surface area contributed by atoms with E-state index in [1.54, 1.807) is 22.9 Å². The van der Waals surface area contributed by atoms with E-state index in [1.165, 1.54) is 0 Å². The van der Waals surface area contributed by atoms with Crippen molar-refractivity contribution < 1.29 is 14.6 Å². The maximum atomic E-state index is 11.0. The normalized spacial score (nSPS) is 11.3. The Morgan fingerprint density at radius 3 is 2.90 bits per heavy atom. The molecule has 0 radical (unpaired) electrons. The van der Waals surface area contributed by atoms with Crippen molar-refractivity contribution in [1.29, 1.82) is 0 Å². The van der Waals surface area contributed by atoms with E-state index in [9.17, 15) is 4.79 Å². The van der Waals surface area contributed by atoms with Crippen molar-refractivity contribution in [2.45, 2.75) is 39.3 Å². The minimum Gasteiger partial charge on any atom is -0.478 e. The van der Waals surface area contributed by atoms with Crippen molar-refractivity contribution in [1.82, 2.24) is 15.0 Å². The first-order valence-corrected chi connectivity index (χ1v) is 6.76. The zero-order chi connectivity index (χ0) is 14.5. The van der Waals surface area contributed by atoms with Crippen LogP contribution in [0, 0.1) is 0 Å². The summed E-state index contributed by atoms with van der Waals surface area (Å²) < 4.78 is 7.22. The van der Waals surface area contributed by atoms with Gasteiger partial charge in [0.15, 0.2) is 0 Å². The molecular weight excluding hydrogens is 258 g/mol. The predicted octanol–water partition coefficient (Wildman–Crippen LogP) is 2.33. The van der Waals surface area contributed by atoms with Gasteiger partial charge in [-0.2, -0.15) is 0 Å². The Kier molecular flexibility index (Phi) is 4.68.